The van der Waals surface area contributed by atoms with E-state index in [0.29, 0.717) is 0 Å². The van der Waals surface area contributed by atoms with Crippen LogP contribution in [-0.4, -0.2) is 4.57 Å². The van der Waals surface area contributed by atoms with Crippen molar-refractivity contribution in [3.8, 4) is 27.9 Å². The number of anilines is 3. The summed E-state index contributed by atoms with van der Waals surface area (Å²) >= 11 is 1.85. The predicted molar refractivity (Wildman–Crippen MR) is 264 cm³/mol. The molecule has 62 heavy (non-hydrogen) atoms. The summed E-state index contributed by atoms with van der Waals surface area (Å²) in [6, 6.07) is 79.3. The van der Waals surface area contributed by atoms with Crippen molar-refractivity contribution < 1.29 is 4.42 Å². The number of hydrogen-bond acceptors (Lipinski definition) is 3. The molecule has 0 aliphatic carbocycles. The van der Waals surface area contributed by atoms with Crippen LogP contribution >= 0.6 is 11.3 Å². The Kier molecular flexibility index (Phi) is 7.78. The molecule has 0 fully saturated rings. The lowest BCUT2D eigenvalue weighted by atomic mass is 9.95. The molecule has 10 aromatic carbocycles. The monoisotopic (exact) mass is 808 g/mol. The number of nitrogens with zero attached hydrogens (tertiary/aromatic N) is 2. The number of benzene rings is 10. The van der Waals surface area contributed by atoms with E-state index >= 15 is 0 Å². The van der Waals surface area contributed by atoms with Crippen LogP contribution in [0.15, 0.2) is 223 Å². The summed E-state index contributed by atoms with van der Waals surface area (Å²) in [4.78, 5) is 2.48. The molecule has 0 radical (unpaired) electrons. The van der Waals surface area contributed by atoms with Crippen LogP contribution in [0, 0.1) is 0 Å². The van der Waals surface area contributed by atoms with Gasteiger partial charge in [-0.3, -0.25) is 0 Å². The summed E-state index contributed by atoms with van der Waals surface area (Å²) in [5.74, 6) is 0. The fourth-order valence-electron chi connectivity index (χ4n) is 9.89. The molecular formula is C58H36N2OS. The van der Waals surface area contributed by atoms with Gasteiger partial charge in [0.25, 0.3) is 0 Å². The van der Waals surface area contributed by atoms with E-state index in [1.54, 1.807) is 0 Å². The van der Waals surface area contributed by atoms with Gasteiger partial charge in [-0.2, -0.15) is 0 Å². The molecular weight excluding hydrogens is 773 g/mol. The van der Waals surface area contributed by atoms with Gasteiger partial charge in [0.2, 0.25) is 0 Å². The quantitative estimate of drug-likeness (QED) is 0.167. The van der Waals surface area contributed by atoms with Crippen LogP contribution in [0.25, 0.3) is 103 Å². The lowest BCUT2D eigenvalue weighted by Crippen LogP contribution is -2.13. The highest BCUT2D eigenvalue weighted by molar-refractivity contribution is 7.25. The topological polar surface area (TPSA) is 21.3 Å². The molecule has 0 saturated carbocycles. The molecule has 3 aromatic heterocycles. The zero-order valence-electron chi connectivity index (χ0n) is 33.5. The molecule has 0 atom stereocenters. The fourth-order valence-corrected chi connectivity index (χ4v) is 11.0. The number of thiophene rings is 1. The first-order valence-electron chi connectivity index (χ1n) is 21.1. The third-order valence-corrected chi connectivity index (χ3v) is 13.8. The minimum Gasteiger partial charge on any atom is -0.455 e. The van der Waals surface area contributed by atoms with Gasteiger partial charge in [-0.15, -0.1) is 11.3 Å². The lowest BCUT2D eigenvalue weighted by molar-refractivity contribution is 0.670. The molecule has 3 nitrogen and oxygen atoms in total. The molecule has 0 aliphatic rings. The maximum Gasteiger partial charge on any atom is 0.145 e. The van der Waals surface area contributed by atoms with Gasteiger partial charge in [0.1, 0.15) is 11.2 Å². The van der Waals surface area contributed by atoms with E-state index in [0.717, 1.165) is 77.8 Å². The van der Waals surface area contributed by atoms with Gasteiger partial charge in [0, 0.05) is 58.2 Å². The average molecular weight is 809 g/mol. The molecule has 0 bridgehead atoms. The minimum absolute atomic E-state index is 0.853. The summed E-state index contributed by atoms with van der Waals surface area (Å²) in [6.45, 7) is 0. The van der Waals surface area contributed by atoms with Crippen LogP contribution in [0.5, 0.6) is 0 Å². The summed E-state index contributed by atoms with van der Waals surface area (Å²) < 4.78 is 12.1. The normalized spacial score (nSPS) is 11.9. The number of para-hydroxylation sites is 5. The van der Waals surface area contributed by atoms with E-state index < -0.39 is 0 Å². The van der Waals surface area contributed by atoms with Gasteiger partial charge in [-0.25, -0.2) is 0 Å². The van der Waals surface area contributed by atoms with E-state index in [2.05, 4.69) is 228 Å². The summed E-state index contributed by atoms with van der Waals surface area (Å²) in [5.41, 5.74) is 12.7. The van der Waals surface area contributed by atoms with Crippen molar-refractivity contribution in [2.45, 2.75) is 0 Å². The molecule has 0 N–H and O–H groups in total. The second-order valence-corrected chi connectivity index (χ2v) is 17.1. The Balaban J connectivity index is 1.16. The number of aromatic nitrogens is 1. The molecule has 13 rings (SSSR count). The van der Waals surface area contributed by atoms with Crippen molar-refractivity contribution in [3.05, 3.63) is 218 Å². The highest BCUT2D eigenvalue weighted by atomic mass is 32.1. The summed E-state index contributed by atoms with van der Waals surface area (Å²) in [7, 11) is 0. The third kappa shape index (κ3) is 5.24. The highest BCUT2D eigenvalue weighted by Crippen LogP contribution is 2.52. The average Bonchev–Trinajstić information content (AvgIpc) is 4.01. The molecule has 0 saturated heterocycles. The molecule has 4 heteroatoms. The number of rotatable bonds is 6. The smallest absolute Gasteiger partial charge is 0.145 e. The van der Waals surface area contributed by atoms with Crippen molar-refractivity contribution in [2.24, 2.45) is 0 Å². The van der Waals surface area contributed by atoms with Crippen molar-refractivity contribution >= 4 is 103 Å². The highest BCUT2D eigenvalue weighted by Gasteiger charge is 2.28. The van der Waals surface area contributed by atoms with Crippen LogP contribution in [-0.2, 0) is 0 Å². The van der Waals surface area contributed by atoms with Crippen LogP contribution in [0.2, 0.25) is 0 Å². The Morgan fingerprint density at radius 1 is 0.387 bits per heavy atom. The maximum absolute atomic E-state index is 7.10. The fraction of sp³-hybridized carbons (Fsp3) is 0. The first kappa shape index (κ1) is 34.9. The van der Waals surface area contributed by atoms with Crippen molar-refractivity contribution in [1.29, 1.82) is 0 Å². The van der Waals surface area contributed by atoms with E-state index in [9.17, 15) is 0 Å². The summed E-state index contributed by atoms with van der Waals surface area (Å²) in [6.07, 6.45) is 0. The zero-order valence-corrected chi connectivity index (χ0v) is 34.3. The van der Waals surface area contributed by atoms with E-state index in [4.69, 9.17) is 4.42 Å². The van der Waals surface area contributed by atoms with Gasteiger partial charge in [0.05, 0.1) is 39.3 Å². The van der Waals surface area contributed by atoms with Crippen LogP contribution in [0.1, 0.15) is 0 Å². The first-order valence-corrected chi connectivity index (χ1v) is 21.9. The third-order valence-electron chi connectivity index (χ3n) is 12.6. The molecule has 0 amide bonds. The number of furan rings is 1. The van der Waals surface area contributed by atoms with E-state index in [1.165, 1.54) is 41.9 Å². The van der Waals surface area contributed by atoms with Crippen molar-refractivity contribution in [1.82, 2.24) is 4.57 Å². The number of hydrogen-bond donors (Lipinski definition) is 0. The molecule has 0 unspecified atom stereocenters. The Morgan fingerprint density at radius 2 is 1.00 bits per heavy atom. The first-order chi connectivity index (χ1) is 30.8. The molecule has 13 aromatic rings. The zero-order chi connectivity index (χ0) is 40.7. The Bertz CT molecular complexity index is 3850. The largest absolute Gasteiger partial charge is 0.455 e. The SMILES string of the molecule is c1ccc(N(c2ccc3c(oc4ccccc43)c2-c2ccccc2-n2c3ccccc3c3ccccc32)c2cccc3ccccc23)c(-c2ccc3sc4ccccc4c3c2)c1. The van der Waals surface area contributed by atoms with Crippen molar-refractivity contribution in [2.75, 3.05) is 4.90 Å². The summed E-state index contributed by atoms with van der Waals surface area (Å²) in [5, 5.41) is 9.53. The second-order valence-electron chi connectivity index (χ2n) is 16.0. The standard InChI is InChI=1S/C58H36N2OS/c1-2-18-39-37(16-1)17-15-29-49(39)60(48-25-9-3-19-40(48)38-32-35-56-47(36-38)44-23-8-14-31-55(44)62-56)53-34-33-45-43-22-7-13-30-54(43)61-58(45)57(53)46-24-6-12-28-52(46)59-50-26-10-4-20-41(50)42-21-5-11-27-51(42)59/h1-36H. The van der Waals surface area contributed by atoms with Gasteiger partial charge in [0.15, 0.2) is 0 Å². The predicted octanol–water partition coefficient (Wildman–Crippen LogP) is 17.0. The second kappa shape index (κ2) is 13.8. The molecule has 0 aliphatic heterocycles. The molecule has 0 spiro atoms. The van der Waals surface area contributed by atoms with Crippen molar-refractivity contribution in [3.63, 3.8) is 0 Å². The Labute approximate surface area is 361 Å². The van der Waals surface area contributed by atoms with Crippen LogP contribution < -0.4 is 4.90 Å². The number of fused-ring (bicyclic) bond motifs is 10. The molecule has 3 heterocycles. The van der Waals surface area contributed by atoms with Gasteiger partial charge in [-0.05, 0) is 77.7 Å². The van der Waals surface area contributed by atoms with E-state index in [1.807, 2.05) is 11.3 Å². The molecule has 290 valence electrons. The van der Waals surface area contributed by atoms with Gasteiger partial charge in [-0.1, -0.05) is 152 Å². The lowest BCUT2D eigenvalue weighted by Gasteiger charge is -2.31. The van der Waals surface area contributed by atoms with Gasteiger partial charge < -0.3 is 13.9 Å². The maximum atomic E-state index is 7.10. The minimum atomic E-state index is 0.853. The van der Waals surface area contributed by atoms with Crippen LogP contribution in [0.4, 0.5) is 17.1 Å². The van der Waals surface area contributed by atoms with Crippen LogP contribution in [0.3, 0.4) is 0 Å². The van der Waals surface area contributed by atoms with E-state index in [-0.39, 0.29) is 0 Å². The van der Waals surface area contributed by atoms with Gasteiger partial charge >= 0.3 is 0 Å². The Morgan fingerprint density at radius 3 is 1.84 bits per heavy atom. The Hall–Kier alpha value is -7.92.